The van der Waals surface area contributed by atoms with Gasteiger partial charge in [-0.3, -0.25) is 4.79 Å². The predicted molar refractivity (Wildman–Crippen MR) is 73.3 cm³/mol. The molecule has 2 rings (SSSR count). The molecule has 0 unspecified atom stereocenters. The molecule has 1 saturated heterocycles. The zero-order chi connectivity index (χ0) is 14.9. The van der Waals surface area contributed by atoms with E-state index in [2.05, 4.69) is 0 Å². The number of amides is 2. The summed E-state index contributed by atoms with van der Waals surface area (Å²) in [6.07, 6.45) is 0.188. The number of phenols is 1. The molecule has 2 amide bonds. The van der Waals surface area contributed by atoms with E-state index in [9.17, 15) is 14.7 Å². The third kappa shape index (κ3) is 2.61. The van der Waals surface area contributed by atoms with Gasteiger partial charge in [-0.2, -0.15) is 0 Å². The van der Waals surface area contributed by atoms with E-state index in [0.29, 0.717) is 6.42 Å². The Morgan fingerprint density at radius 1 is 1.35 bits per heavy atom. The average molecular weight is 277 g/mol. The Labute approximate surface area is 118 Å². The average Bonchev–Trinajstić information content (AvgIpc) is 2.61. The number of carbonyl (C=O) groups excluding carboxylic acids is 2. The van der Waals surface area contributed by atoms with Crippen LogP contribution in [0.4, 0.5) is 4.79 Å². The third-order valence-electron chi connectivity index (χ3n) is 3.60. The van der Waals surface area contributed by atoms with E-state index in [-0.39, 0.29) is 24.1 Å². The number of hydrogen-bond donors (Lipinski definition) is 1. The first-order valence-corrected chi connectivity index (χ1v) is 6.68. The Hall–Kier alpha value is -2.04. The zero-order valence-electron chi connectivity index (χ0n) is 11.9. The van der Waals surface area contributed by atoms with Crippen molar-refractivity contribution in [1.29, 1.82) is 0 Å². The van der Waals surface area contributed by atoms with E-state index in [1.807, 2.05) is 0 Å². The largest absolute Gasteiger partial charge is 0.508 e. The van der Waals surface area contributed by atoms with Crippen LogP contribution in [0.2, 0.25) is 0 Å². The van der Waals surface area contributed by atoms with E-state index in [1.165, 1.54) is 4.90 Å². The van der Waals surface area contributed by atoms with Crippen molar-refractivity contribution < 1.29 is 19.4 Å². The third-order valence-corrected chi connectivity index (χ3v) is 3.60. The van der Waals surface area contributed by atoms with Crippen molar-refractivity contribution in [3.63, 3.8) is 0 Å². The van der Waals surface area contributed by atoms with Crippen molar-refractivity contribution in [2.75, 3.05) is 0 Å². The summed E-state index contributed by atoms with van der Waals surface area (Å²) in [6, 6.07) is 6.40. The lowest BCUT2D eigenvalue weighted by atomic mass is 9.92. The molecule has 0 bridgehead atoms. The van der Waals surface area contributed by atoms with Crippen LogP contribution in [0.1, 0.15) is 32.8 Å². The van der Waals surface area contributed by atoms with Gasteiger partial charge in [0.05, 0.1) is 6.04 Å². The number of hydrogen-bond acceptors (Lipinski definition) is 4. The molecule has 1 atom stereocenters. The maximum Gasteiger partial charge on any atom is 0.417 e. The molecule has 1 N–H and O–H groups in total. The normalized spacial score (nSPS) is 20.9. The molecule has 5 nitrogen and oxygen atoms in total. The van der Waals surface area contributed by atoms with Gasteiger partial charge < -0.3 is 9.84 Å². The molecule has 1 aliphatic heterocycles. The second-order valence-electron chi connectivity index (χ2n) is 5.48. The number of cyclic esters (lactones) is 1. The maximum atomic E-state index is 12.0. The van der Waals surface area contributed by atoms with E-state index in [4.69, 9.17) is 4.74 Å². The number of imide groups is 1. The fourth-order valence-electron chi connectivity index (χ4n) is 2.42. The number of phenolic OH excluding ortho intramolecular Hbond substituents is 1. The quantitative estimate of drug-likeness (QED) is 0.921. The molecule has 1 aromatic carbocycles. The highest BCUT2D eigenvalue weighted by Gasteiger charge is 2.49. The van der Waals surface area contributed by atoms with Crippen LogP contribution in [0.15, 0.2) is 24.3 Å². The van der Waals surface area contributed by atoms with E-state index in [1.54, 1.807) is 45.0 Å². The Morgan fingerprint density at radius 2 is 1.95 bits per heavy atom. The SMILES string of the molecule is CCC(=O)N1C(=O)OC(C)(C)[C@@H]1Cc1ccc(O)cc1. The summed E-state index contributed by atoms with van der Waals surface area (Å²) < 4.78 is 5.31. The van der Waals surface area contributed by atoms with E-state index < -0.39 is 11.7 Å². The lowest BCUT2D eigenvalue weighted by Crippen LogP contribution is -2.45. The fraction of sp³-hybridized carbons (Fsp3) is 0.467. The topological polar surface area (TPSA) is 66.8 Å². The summed E-state index contributed by atoms with van der Waals surface area (Å²) in [4.78, 5) is 25.1. The molecule has 0 radical (unpaired) electrons. The molecule has 20 heavy (non-hydrogen) atoms. The van der Waals surface area contributed by atoms with Gasteiger partial charge in [-0.05, 0) is 38.0 Å². The van der Waals surface area contributed by atoms with Gasteiger partial charge in [-0.15, -0.1) is 0 Å². The summed E-state index contributed by atoms with van der Waals surface area (Å²) in [5.41, 5.74) is 0.216. The van der Waals surface area contributed by atoms with E-state index >= 15 is 0 Å². The van der Waals surface area contributed by atoms with Gasteiger partial charge >= 0.3 is 6.09 Å². The molecule has 0 spiro atoms. The van der Waals surface area contributed by atoms with Gasteiger partial charge in [-0.25, -0.2) is 9.69 Å². The minimum absolute atomic E-state index is 0.188. The van der Waals surface area contributed by atoms with Crippen molar-refractivity contribution in [1.82, 2.24) is 4.90 Å². The van der Waals surface area contributed by atoms with Crippen LogP contribution in [0.3, 0.4) is 0 Å². The zero-order valence-corrected chi connectivity index (χ0v) is 11.9. The highest BCUT2D eigenvalue weighted by atomic mass is 16.6. The number of carbonyl (C=O) groups is 2. The lowest BCUT2D eigenvalue weighted by molar-refractivity contribution is -0.129. The van der Waals surface area contributed by atoms with E-state index in [0.717, 1.165) is 5.56 Å². The number of nitrogens with zero attached hydrogens (tertiary/aromatic N) is 1. The molecule has 1 heterocycles. The molecular weight excluding hydrogens is 258 g/mol. The summed E-state index contributed by atoms with van der Waals surface area (Å²) in [5, 5.41) is 9.30. The Kier molecular flexibility index (Phi) is 3.70. The van der Waals surface area contributed by atoms with Gasteiger partial charge in [-0.1, -0.05) is 19.1 Å². The van der Waals surface area contributed by atoms with Gasteiger partial charge in [0.1, 0.15) is 11.4 Å². The summed E-state index contributed by atoms with van der Waals surface area (Å²) in [5.74, 6) is -0.0439. The van der Waals surface area contributed by atoms with Crippen molar-refractivity contribution in [2.24, 2.45) is 0 Å². The maximum absolute atomic E-state index is 12.0. The first-order chi connectivity index (χ1) is 9.35. The number of benzene rings is 1. The van der Waals surface area contributed by atoms with Crippen LogP contribution in [0.25, 0.3) is 0 Å². The van der Waals surface area contributed by atoms with Crippen molar-refractivity contribution in [3.8, 4) is 5.75 Å². The number of ether oxygens (including phenoxy) is 1. The second-order valence-corrected chi connectivity index (χ2v) is 5.48. The Bertz CT molecular complexity index is 521. The van der Waals surface area contributed by atoms with Crippen LogP contribution in [-0.2, 0) is 16.0 Å². The first-order valence-electron chi connectivity index (χ1n) is 6.68. The number of rotatable bonds is 3. The fourth-order valence-corrected chi connectivity index (χ4v) is 2.42. The van der Waals surface area contributed by atoms with Gasteiger partial charge in [0, 0.05) is 6.42 Å². The molecule has 1 fully saturated rings. The minimum Gasteiger partial charge on any atom is -0.508 e. The minimum atomic E-state index is -0.722. The van der Waals surface area contributed by atoms with Crippen LogP contribution >= 0.6 is 0 Å². The van der Waals surface area contributed by atoms with Crippen molar-refractivity contribution in [2.45, 2.75) is 45.3 Å². The lowest BCUT2D eigenvalue weighted by Gasteiger charge is -2.27. The van der Waals surface area contributed by atoms with Crippen molar-refractivity contribution >= 4 is 12.0 Å². The van der Waals surface area contributed by atoms with Crippen LogP contribution in [-0.4, -0.2) is 33.6 Å². The van der Waals surface area contributed by atoms with Crippen molar-refractivity contribution in [3.05, 3.63) is 29.8 Å². The van der Waals surface area contributed by atoms with Gasteiger partial charge in [0.25, 0.3) is 0 Å². The molecule has 5 heteroatoms. The molecule has 1 aromatic rings. The molecule has 108 valence electrons. The summed E-state index contributed by atoms with van der Waals surface area (Å²) in [7, 11) is 0. The molecule has 1 aliphatic rings. The number of aromatic hydroxyl groups is 1. The highest BCUT2D eigenvalue weighted by Crippen LogP contribution is 2.32. The Balaban J connectivity index is 2.27. The molecule has 0 saturated carbocycles. The first kappa shape index (κ1) is 14.4. The van der Waals surface area contributed by atoms with Gasteiger partial charge in [0.15, 0.2) is 0 Å². The van der Waals surface area contributed by atoms with Crippen LogP contribution in [0.5, 0.6) is 5.75 Å². The van der Waals surface area contributed by atoms with Gasteiger partial charge in [0.2, 0.25) is 5.91 Å². The summed E-state index contributed by atoms with van der Waals surface area (Å²) >= 11 is 0. The monoisotopic (exact) mass is 277 g/mol. The highest BCUT2D eigenvalue weighted by molar-refractivity contribution is 5.94. The smallest absolute Gasteiger partial charge is 0.417 e. The summed E-state index contributed by atoms with van der Waals surface area (Å²) in [6.45, 7) is 5.33. The van der Waals surface area contributed by atoms with Crippen LogP contribution in [0, 0.1) is 0 Å². The predicted octanol–water partition coefficient (Wildman–Crippen LogP) is 2.47. The molecule has 0 aliphatic carbocycles. The molecule has 0 aromatic heterocycles. The molecular formula is C15H19NO4. The Morgan fingerprint density at radius 3 is 2.50 bits per heavy atom. The standard InChI is InChI=1S/C15H19NO4/c1-4-13(18)16-12(15(2,3)20-14(16)19)9-10-5-7-11(17)8-6-10/h5-8,12,17H,4,9H2,1-3H3/t12-/m0/s1. The van der Waals surface area contributed by atoms with Crippen LogP contribution < -0.4 is 0 Å². The second kappa shape index (κ2) is 5.15.